The molecule has 0 aromatic heterocycles. The summed E-state index contributed by atoms with van der Waals surface area (Å²) in [6.07, 6.45) is 0.768. The van der Waals surface area contributed by atoms with Crippen LogP contribution in [0.3, 0.4) is 0 Å². The molecule has 0 unspecified atom stereocenters. The fourth-order valence-corrected chi connectivity index (χ4v) is 4.24. The lowest BCUT2D eigenvalue weighted by Crippen LogP contribution is -2.26. The number of aliphatic imine (C=N–C) groups is 1. The lowest BCUT2D eigenvalue weighted by atomic mass is 10.0. The van der Waals surface area contributed by atoms with Crippen LogP contribution in [0.4, 0.5) is 11.4 Å². The molecule has 0 saturated carbocycles. The molecule has 3 aromatic carbocycles. The van der Waals surface area contributed by atoms with Gasteiger partial charge in [-0.05, 0) is 60.9 Å². The normalized spacial score (nSPS) is 13.0. The minimum atomic E-state index is -3.59. The lowest BCUT2D eigenvalue weighted by Gasteiger charge is -2.10. The number of hydrogen-bond donors (Lipinski definition) is 3. The van der Waals surface area contributed by atoms with E-state index in [1.54, 1.807) is 36.4 Å². The molecule has 3 aromatic rings. The molecule has 1 aliphatic heterocycles. The van der Waals surface area contributed by atoms with Crippen molar-refractivity contribution in [3.05, 3.63) is 89.5 Å². The van der Waals surface area contributed by atoms with Gasteiger partial charge in [-0.25, -0.2) is 8.42 Å². The lowest BCUT2D eigenvalue weighted by molar-refractivity contribution is 0.601. The van der Waals surface area contributed by atoms with Gasteiger partial charge in [0.1, 0.15) is 0 Å². The summed E-state index contributed by atoms with van der Waals surface area (Å²) in [4.78, 5) is 4.58. The monoisotopic (exact) mass is 456 g/mol. The maximum atomic E-state index is 12.5. The number of nitrogens with zero attached hydrogens (tertiary/aromatic N) is 1. The Kier molecular flexibility index (Phi) is 7.20. The number of halogens is 1. The van der Waals surface area contributed by atoms with Gasteiger partial charge in [0.2, 0.25) is 0 Å². The van der Waals surface area contributed by atoms with Crippen molar-refractivity contribution in [1.82, 2.24) is 5.32 Å². The quantitative estimate of drug-likeness (QED) is 0.519. The summed E-state index contributed by atoms with van der Waals surface area (Å²) in [5.41, 5.74) is 4.84. The summed E-state index contributed by atoms with van der Waals surface area (Å²) < 4.78 is 27.7. The number of benzene rings is 3. The molecule has 162 valence electrons. The van der Waals surface area contributed by atoms with Gasteiger partial charge in [-0.15, -0.1) is 12.4 Å². The third-order valence-electron chi connectivity index (χ3n) is 4.84. The van der Waals surface area contributed by atoms with Gasteiger partial charge in [0.05, 0.1) is 11.4 Å². The van der Waals surface area contributed by atoms with Crippen LogP contribution in [0.1, 0.15) is 16.7 Å². The van der Waals surface area contributed by atoms with Crippen molar-refractivity contribution >= 4 is 39.8 Å². The van der Waals surface area contributed by atoms with Gasteiger partial charge < -0.3 is 10.6 Å². The van der Waals surface area contributed by atoms with Crippen LogP contribution in [0.15, 0.2) is 82.7 Å². The van der Waals surface area contributed by atoms with Gasteiger partial charge in [0.15, 0.2) is 5.96 Å². The van der Waals surface area contributed by atoms with Crippen LogP contribution in [0.5, 0.6) is 0 Å². The third kappa shape index (κ3) is 5.99. The molecular formula is C23H25ClN4O2S. The molecular weight excluding hydrogens is 432 g/mol. The molecule has 1 heterocycles. The van der Waals surface area contributed by atoms with E-state index in [2.05, 4.69) is 32.5 Å². The van der Waals surface area contributed by atoms with E-state index in [9.17, 15) is 8.42 Å². The van der Waals surface area contributed by atoms with Gasteiger partial charge in [-0.2, -0.15) is 0 Å². The van der Waals surface area contributed by atoms with Crippen molar-refractivity contribution < 1.29 is 8.42 Å². The summed E-state index contributed by atoms with van der Waals surface area (Å²) in [5, 5.41) is 6.44. The Balaban J connectivity index is 0.00000272. The number of guanidine groups is 1. The van der Waals surface area contributed by atoms with Crippen molar-refractivity contribution in [1.29, 1.82) is 0 Å². The fraction of sp³-hybridized carbons (Fsp3) is 0.174. The second kappa shape index (κ2) is 9.85. The zero-order valence-electron chi connectivity index (χ0n) is 17.1. The van der Waals surface area contributed by atoms with Crippen LogP contribution in [0.25, 0.3) is 0 Å². The Labute approximate surface area is 189 Å². The largest absolute Gasteiger partial charge is 0.354 e. The zero-order chi connectivity index (χ0) is 21.0. The van der Waals surface area contributed by atoms with Crippen molar-refractivity contribution in [2.75, 3.05) is 23.1 Å². The number of nitrogens with one attached hydrogen (secondary N) is 3. The Morgan fingerprint density at radius 1 is 0.871 bits per heavy atom. The minimum absolute atomic E-state index is 0. The first-order valence-corrected chi connectivity index (χ1v) is 11.3. The van der Waals surface area contributed by atoms with Crippen LogP contribution in [-0.2, 0) is 16.4 Å². The number of aryl methyl sites for hydroxylation is 1. The molecule has 0 saturated heterocycles. The molecule has 0 spiro atoms. The maximum absolute atomic E-state index is 12.5. The van der Waals surface area contributed by atoms with E-state index in [0.717, 1.165) is 42.3 Å². The van der Waals surface area contributed by atoms with Crippen LogP contribution in [0, 0.1) is 6.92 Å². The van der Waals surface area contributed by atoms with Gasteiger partial charge in [-0.3, -0.25) is 9.71 Å². The standard InChI is InChI=1S/C23H24N4O2S.ClH/c1-17-2-12-22(13-3-17)30(28,29)27-21-10-6-19(7-11-21)16-18-4-8-20(9-5-18)26-23-24-14-15-25-23;/h2-13,27H,14-16H2,1H3,(H2,24,25,26);1H. The molecule has 31 heavy (non-hydrogen) atoms. The Morgan fingerprint density at radius 2 is 1.45 bits per heavy atom. The highest BCUT2D eigenvalue weighted by atomic mass is 35.5. The van der Waals surface area contributed by atoms with Crippen molar-refractivity contribution in [3.8, 4) is 0 Å². The molecule has 1 aliphatic rings. The molecule has 6 nitrogen and oxygen atoms in total. The number of anilines is 2. The third-order valence-corrected chi connectivity index (χ3v) is 6.23. The average Bonchev–Trinajstić information content (AvgIpc) is 3.24. The van der Waals surface area contributed by atoms with Crippen molar-refractivity contribution in [3.63, 3.8) is 0 Å². The van der Waals surface area contributed by atoms with Crippen LogP contribution in [0.2, 0.25) is 0 Å². The first-order chi connectivity index (χ1) is 14.5. The summed E-state index contributed by atoms with van der Waals surface area (Å²) in [7, 11) is -3.59. The molecule has 0 bridgehead atoms. The molecule has 8 heteroatoms. The zero-order valence-corrected chi connectivity index (χ0v) is 18.8. The van der Waals surface area contributed by atoms with E-state index < -0.39 is 10.0 Å². The number of rotatable bonds is 6. The molecule has 4 rings (SSSR count). The second-order valence-corrected chi connectivity index (χ2v) is 8.95. The molecule has 0 radical (unpaired) electrons. The van der Waals surface area contributed by atoms with Crippen molar-refractivity contribution in [2.45, 2.75) is 18.2 Å². The summed E-state index contributed by atoms with van der Waals surface area (Å²) >= 11 is 0. The predicted octanol–water partition coefficient (Wildman–Crippen LogP) is 4.18. The van der Waals surface area contributed by atoms with Gasteiger partial charge in [-0.1, -0.05) is 42.0 Å². The highest BCUT2D eigenvalue weighted by Gasteiger charge is 2.13. The molecule has 0 aliphatic carbocycles. The molecule has 0 fully saturated rings. The van der Waals surface area contributed by atoms with Crippen LogP contribution >= 0.6 is 12.4 Å². The van der Waals surface area contributed by atoms with Crippen LogP contribution in [-0.4, -0.2) is 27.5 Å². The Hall–Kier alpha value is -3.03. The van der Waals surface area contributed by atoms with Gasteiger partial charge in [0.25, 0.3) is 10.0 Å². The van der Waals surface area contributed by atoms with E-state index in [-0.39, 0.29) is 17.3 Å². The second-order valence-electron chi connectivity index (χ2n) is 7.27. The van der Waals surface area contributed by atoms with E-state index >= 15 is 0 Å². The topological polar surface area (TPSA) is 82.6 Å². The Bertz CT molecular complexity index is 1140. The fourth-order valence-electron chi connectivity index (χ4n) is 3.18. The maximum Gasteiger partial charge on any atom is 0.261 e. The average molecular weight is 457 g/mol. The Morgan fingerprint density at radius 3 is 2.00 bits per heavy atom. The molecule has 3 N–H and O–H groups in total. The first-order valence-electron chi connectivity index (χ1n) is 9.81. The van der Waals surface area contributed by atoms with E-state index in [4.69, 9.17) is 0 Å². The summed E-state index contributed by atoms with van der Waals surface area (Å²) in [6, 6.07) is 22.5. The van der Waals surface area contributed by atoms with E-state index in [0.29, 0.717) is 5.69 Å². The predicted molar refractivity (Wildman–Crippen MR) is 129 cm³/mol. The van der Waals surface area contributed by atoms with E-state index in [1.165, 1.54) is 5.56 Å². The van der Waals surface area contributed by atoms with E-state index in [1.807, 2.05) is 31.2 Å². The SMILES string of the molecule is Cc1ccc(S(=O)(=O)Nc2ccc(Cc3ccc(NC4=NCCN4)cc3)cc2)cc1.Cl. The van der Waals surface area contributed by atoms with Gasteiger partial charge >= 0.3 is 0 Å². The summed E-state index contributed by atoms with van der Waals surface area (Å²) in [6.45, 7) is 3.60. The number of hydrogen-bond acceptors (Lipinski definition) is 5. The molecule has 0 amide bonds. The smallest absolute Gasteiger partial charge is 0.261 e. The van der Waals surface area contributed by atoms with Crippen molar-refractivity contribution in [2.24, 2.45) is 4.99 Å². The van der Waals surface area contributed by atoms with Crippen LogP contribution < -0.4 is 15.4 Å². The highest BCUT2D eigenvalue weighted by Crippen LogP contribution is 2.19. The van der Waals surface area contributed by atoms with Gasteiger partial charge in [0, 0.05) is 17.9 Å². The molecule has 0 atom stereocenters. The highest BCUT2D eigenvalue weighted by molar-refractivity contribution is 7.92. The number of sulfonamides is 1. The first kappa shape index (κ1) is 22.7. The minimum Gasteiger partial charge on any atom is -0.354 e. The summed E-state index contributed by atoms with van der Waals surface area (Å²) in [5.74, 6) is 0.812.